The maximum Gasteiger partial charge on any atom is 0.238 e. The van der Waals surface area contributed by atoms with Gasteiger partial charge in [0.05, 0.1) is 12.2 Å². The minimum Gasteiger partial charge on any atom is -0.351 e. The molecule has 30 heavy (non-hydrogen) atoms. The molecule has 1 aromatic heterocycles. The molecule has 158 valence electrons. The smallest absolute Gasteiger partial charge is 0.238 e. The summed E-state index contributed by atoms with van der Waals surface area (Å²) in [5.74, 6) is 0.668. The van der Waals surface area contributed by atoms with Crippen molar-refractivity contribution in [2.75, 3.05) is 42.9 Å². The van der Waals surface area contributed by atoms with Crippen LogP contribution in [0.1, 0.15) is 41.8 Å². The largest absolute Gasteiger partial charge is 0.351 e. The number of piperazine rings is 1. The molecule has 1 aliphatic rings. The summed E-state index contributed by atoms with van der Waals surface area (Å²) < 4.78 is 0. The van der Waals surface area contributed by atoms with Crippen molar-refractivity contribution in [2.45, 2.75) is 40.5 Å². The van der Waals surface area contributed by atoms with Crippen LogP contribution < -0.4 is 10.2 Å². The number of nitrogens with zero attached hydrogens (tertiary/aromatic N) is 5. The first-order valence-corrected chi connectivity index (χ1v) is 10.6. The molecule has 1 amide bonds. The Kier molecular flexibility index (Phi) is 7.01. The minimum absolute atomic E-state index is 0.00442. The van der Waals surface area contributed by atoms with Crippen molar-refractivity contribution in [3.8, 4) is 6.07 Å². The van der Waals surface area contributed by atoms with Gasteiger partial charge in [-0.05, 0) is 49.4 Å². The van der Waals surface area contributed by atoms with E-state index in [4.69, 9.17) is 0 Å². The van der Waals surface area contributed by atoms with Gasteiger partial charge in [0.15, 0.2) is 5.82 Å². The topological polar surface area (TPSA) is 85.2 Å². The number of amides is 1. The fraction of sp³-hybridized carbons (Fsp3) is 0.478. The van der Waals surface area contributed by atoms with E-state index in [1.807, 2.05) is 45.9 Å². The van der Waals surface area contributed by atoms with E-state index in [1.54, 1.807) is 0 Å². The second kappa shape index (κ2) is 9.68. The molecular formula is C23H30N6O. The number of aryl methyl sites for hydroxylation is 2. The lowest BCUT2D eigenvalue weighted by Gasteiger charge is -2.35. The molecule has 7 nitrogen and oxygen atoms in total. The third kappa shape index (κ3) is 4.60. The molecule has 1 N–H and O–H groups in total. The van der Waals surface area contributed by atoms with Crippen molar-refractivity contribution in [3.05, 3.63) is 46.1 Å². The molecule has 0 saturated carbocycles. The van der Waals surface area contributed by atoms with Crippen LogP contribution in [0.15, 0.2) is 18.2 Å². The van der Waals surface area contributed by atoms with Crippen molar-refractivity contribution < 1.29 is 4.79 Å². The highest BCUT2D eigenvalue weighted by Gasteiger charge is 2.24. The molecule has 0 aliphatic carbocycles. The second-order valence-electron chi connectivity index (χ2n) is 7.70. The molecule has 7 heteroatoms. The summed E-state index contributed by atoms with van der Waals surface area (Å²) in [6.07, 6.45) is 1.54. The average Bonchev–Trinajstić information content (AvgIpc) is 2.76. The van der Waals surface area contributed by atoms with Gasteiger partial charge in [-0.2, -0.15) is 10.4 Å². The highest BCUT2D eigenvalue weighted by atomic mass is 16.2. The number of carbonyl (C=O) groups is 1. The number of aromatic nitrogens is 2. The zero-order chi connectivity index (χ0) is 21.7. The zero-order valence-corrected chi connectivity index (χ0v) is 18.3. The molecule has 0 unspecified atom stereocenters. The predicted octanol–water partition coefficient (Wildman–Crippen LogP) is 2.85. The summed E-state index contributed by atoms with van der Waals surface area (Å²) in [6, 6.07) is 8.28. The van der Waals surface area contributed by atoms with Gasteiger partial charge < -0.3 is 10.2 Å². The molecule has 0 radical (unpaired) electrons. The summed E-state index contributed by atoms with van der Waals surface area (Å²) in [5, 5.41) is 21.5. The standard InChI is InChI=1S/C23H30N6O/c1-5-18-19(14-24)23(27-26-20(18)6-2)29-12-10-28(11-13-29)15-22(30)25-21-9-7-8-16(3)17(21)4/h7-9H,5-6,10-13,15H2,1-4H3,(H,25,30). The summed E-state index contributed by atoms with van der Waals surface area (Å²) in [6.45, 7) is 11.4. The zero-order valence-electron chi connectivity index (χ0n) is 18.3. The van der Waals surface area contributed by atoms with Gasteiger partial charge >= 0.3 is 0 Å². The van der Waals surface area contributed by atoms with E-state index in [-0.39, 0.29) is 5.91 Å². The lowest BCUT2D eigenvalue weighted by Crippen LogP contribution is -2.49. The van der Waals surface area contributed by atoms with Crippen LogP contribution in [0.5, 0.6) is 0 Å². The van der Waals surface area contributed by atoms with E-state index in [0.717, 1.165) is 67.1 Å². The van der Waals surface area contributed by atoms with Crippen molar-refractivity contribution in [1.82, 2.24) is 15.1 Å². The number of anilines is 2. The molecule has 1 aliphatic heterocycles. The first-order valence-electron chi connectivity index (χ1n) is 10.6. The van der Waals surface area contributed by atoms with Gasteiger partial charge in [-0.15, -0.1) is 5.10 Å². The first-order chi connectivity index (χ1) is 14.5. The SMILES string of the molecule is CCc1nnc(N2CCN(CC(=O)Nc3cccc(C)c3C)CC2)c(C#N)c1CC. The quantitative estimate of drug-likeness (QED) is 0.794. The fourth-order valence-corrected chi connectivity index (χ4v) is 3.90. The Hall–Kier alpha value is -2.98. The summed E-state index contributed by atoms with van der Waals surface area (Å²) in [7, 11) is 0. The Balaban J connectivity index is 1.62. The number of nitriles is 1. The first kappa shape index (κ1) is 21.7. The second-order valence-corrected chi connectivity index (χ2v) is 7.70. The van der Waals surface area contributed by atoms with Crippen LogP contribution in [-0.2, 0) is 17.6 Å². The summed E-state index contributed by atoms with van der Waals surface area (Å²) in [4.78, 5) is 16.8. The average molecular weight is 407 g/mol. The molecular weight excluding hydrogens is 376 g/mol. The molecule has 1 fully saturated rings. The maximum absolute atomic E-state index is 12.5. The monoisotopic (exact) mass is 406 g/mol. The van der Waals surface area contributed by atoms with E-state index in [0.29, 0.717) is 17.9 Å². The molecule has 1 saturated heterocycles. The van der Waals surface area contributed by atoms with Gasteiger partial charge in [-0.25, -0.2) is 0 Å². The maximum atomic E-state index is 12.5. The molecule has 2 heterocycles. The van der Waals surface area contributed by atoms with Gasteiger partial charge in [-0.3, -0.25) is 9.69 Å². The van der Waals surface area contributed by atoms with Gasteiger partial charge in [0.2, 0.25) is 5.91 Å². The molecule has 0 bridgehead atoms. The summed E-state index contributed by atoms with van der Waals surface area (Å²) in [5.41, 5.74) is 5.68. The Labute approximate surface area is 178 Å². The van der Waals surface area contributed by atoms with E-state index >= 15 is 0 Å². The number of nitrogens with one attached hydrogen (secondary N) is 1. The van der Waals surface area contributed by atoms with Crippen LogP contribution in [0.3, 0.4) is 0 Å². The molecule has 0 atom stereocenters. The Bertz CT molecular complexity index is 957. The highest BCUT2D eigenvalue weighted by Crippen LogP contribution is 2.24. The van der Waals surface area contributed by atoms with Gasteiger partial charge in [0, 0.05) is 31.9 Å². The number of hydrogen-bond donors (Lipinski definition) is 1. The summed E-state index contributed by atoms with van der Waals surface area (Å²) >= 11 is 0. The van der Waals surface area contributed by atoms with Crippen molar-refractivity contribution in [2.24, 2.45) is 0 Å². The van der Waals surface area contributed by atoms with Crippen LogP contribution in [0.2, 0.25) is 0 Å². The molecule has 2 aromatic rings. The van der Waals surface area contributed by atoms with Gasteiger partial charge in [-0.1, -0.05) is 26.0 Å². The van der Waals surface area contributed by atoms with Crippen LogP contribution >= 0.6 is 0 Å². The van der Waals surface area contributed by atoms with E-state index in [2.05, 4.69) is 31.4 Å². The number of rotatable bonds is 6. The van der Waals surface area contributed by atoms with Crippen LogP contribution in [0.4, 0.5) is 11.5 Å². The Morgan fingerprint density at radius 2 is 1.87 bits per heavy atom. The van der Waals surface area contributed by atoms with Crippen LogP contribution in [0.25, 0.3) is 0 Å². The third-order valence-corrected chi connectivity index (χ3v) is 5.86. The fourth-order valence-electron chi connectivity index (χ4n) is 3.90. The lowest BCUT2D eigenvalue weighted by molar-refractivity contribution is -0.117. The third-order valence-electron chi connectivity index (χ3n) is 5.86. The van der Waals surface area contributed by atoms with Crippen molar-refractivity contribution >= 4 is 17.4 Å². The van der Waals surface area contributed by atoms with E-state index in [9.17, 15) is 10.1 Å². The number of benzene rings is 1. The molecule has 1 aromatic carbocycles. The lowest BCUT2D eigenvalue weighted by atomic mass is 10.0. The van der Waals surface area contributed by atoms with Crippen LogP contribution in [-0.4, -0.2) is 53.7 Å². The molecule has 0 spiro atoms. The molecule has 3 rings (SSSR count). The normalized spacial score (nSPS) is 14.4. The number of carbonyl (C=O) groups excluding carboxylic acids is 1. The van der Waals surface area contributed by atoms with Crippen LogP contribution in [0, 0.1) is 25.2 Å². The minimum atomic E-state index is -0.00442. The highest BCUT2D eigenvalue weighted by molar-refractivity contribution is 5.93. The van der Waals surface area contributed by atoms with Crippen molar-refractivity contribution in [3.63, 3.8) is 0 Å². The van der Waals surface area contributed by atoms with E-state index < -0.39 is 0 Å². The van der Waals surface area contributed by atoms with Gasteiger partial charge in [0.1, 0.15) is 11.6 Å². The predicted molar refractivity (Wildman–Crippen MR) is 119 cm³/mol. The Morgan fingerprint density at radius 1 is 1.13 bits per heavy atom. The van der Waals surface area contributed by atoms with Crippen molar-refractivity contribution in [1.29, 1.82) is 5.26 Å². The Morgan fingerprint density at radius 3 is 2.50 bits per heavy atom. The number of hydrogen-bond acceptors (Lipinski definition) is 6. The van der Waals surface area contributed by atoms with E-state index in [1.165, 1.54) is 0 Å². The van der Waals surface area contributed by atoms with Gasteiger partial charge in [0.25, 0.3) is 0 Å².